The zero-order valence-corrected chi connectivity index (χ0v) is 24.0. The van der Waals surface area contributed by atoms with Crippen molar-refractivity contribution in [3.8, 4) is 0 Å². The quantitative estimate of drug-likeness (QED) is 0.264. The molecule has 0 saturated carbocycles. The fraction of sp³-hybridized carbons (Fsp3) is 0.345. The van der Waals surface area contributed by atoms with Gasteiger partial charge in [-0.25, -0.2) is 0 Å². The van der Waals surface area contributed by atoms with Crippen LogP contribution in [0.15, 0.2) is 49.1 Å². The van der Waals surface area contributed by atoms with E-state index in [2.05, 4.69) is 30.9 Å². The van der Waals surface area contributed by atoms with Crippen molar-refractivity contribution in [3.63, 3.8) is 0 Å². The Labute approximate surface area is 242 Å². The monoisotopic (exact) mass is 577 g/mol. The Morgan fingerprint density at radius 1 is 1.12 bits per heavy atom. The Morgan fingerprint density at radius 3 is 2.66 bits per heavy atom. The van der Waals surface area contributed by atoms with Gasteiger partial charge >= 0.3 is 0 Å². The summed E-state index contributed by atoms with van der Waals surface area (Å²) in [6.07, 6.45) is 6.27. The SMILES string of the molecule is CNC(=O)c1cnccc1C(=O)N[C@@H](C)CN1CC(C)(C)OCC1C(=O)Nc1cc(Cl)cc2c1[nH]c1cnccc12. The molecule has 0 bridgehead atoms. The first-order valence-electron chi connectivity index (χ1n) is 13.3. The number of ether oxygens (including phenoxy) is 1. The molecule has 1 aromatic carbocycles. The topological polar surface area (TPSA) is 141 Å². The molecule has 1 aliphatic rings. The molecule has 214 valence electrons. The number of fused-ring (bicyclic) bond motifs is 3. The smallest absolute Gasteiger partial charge is 0.253 e. The highest BCUT2D eigenvalue weighted by atomic mass is 35.5. The van der Waals surface area contributed by atoms with E-state index in [9.17, 15) is 14.4 Å². The summed E-state index contributed by atoms with van der Waals surface area (Å²) >= 11 is 6.44. The number of benzene rings is 1. The molecule has 12 heteroatoms. The predicted molar refractivity (Wildman–Crippen MR) is 157 cm³/mol. The van der Waals surface area contributed by atoms with Crippen LogP contribution in [0.5, 0.6) is 0 Å². The van der Waals surface area contributed by atoms with E-state index >= 15 is 0 Å². The average molecular weight is 578 g/mol. The number of H-pyrrole nitrogens is 1. The molecule has 0 radical (unpaired) electrons. The number of rotatable bonds is 7. The molecule has 1 unspecified atom stereocenters. The van der Waals surface area contributed by atoms with Crippen LogP contribution in [0.25, 0.3) is 21.8 Å². The summed E-state index contributed by atoms with van der Waals surface area (Å²) in [6, 6.07) is 6.00. The van der Waals surface area contributed by atoms with Crippen molar-refractivity contribution in [2.24, 2.45) is 0 Å². The Kier molecular flexibility index (Phi) is 7.94. The number of morpholine rings is 1. The van der Waals surface area contributed by atoms with Gasteiger partial charge in [0.25, 0.3) is 11.8 Å². The maximum Gasteiger partial charge on any atom is 0.253 e. The molecule has 3 amide bonds. The van der Waals surface area contributed by atoms with Gasteiger partial charge in [0.05, 0.1) is 46.3 Å². The third kappa shape index (κ3) is 6.02. The van der Waals surface area contributed by atoms with E-state index in [0.29, 0.717) is 23.8 Å². The number of anilines is 1. The number of aromatic amines is 1. The molecule has 1 saturated heterocycles. The van der Waals surface area contributed by atoms with E-state index in [1.54, 1.807) is 18.5 Å². The average Bonchev–Trinajstić information content (AvgIpc) is 3.30. The summed E-state index contributed by atoms with van der Waals surface area (Å²) < 4.78 is 6.03. The number of amides is 3. The summed E-state index contributed by atoms with van der Waals surface area (Å²) in [5.74, 6) is -1.05. The first-order valence-corrected chi connectivity index (χ1v) is 13.6. The van der Waals surface area contributed by atoms with Gasteiger partial charge in [-0.3, -0.25) is 29.3 Å². The van der Waals surface area contributed by atoms with Gasteiger partial charge in [0, 0.05) is 60.6 Å². The van der Waals surface area contributed by atoms with Gasteiger partial charge < -0.3 is 25.7 Å². The highest BCUT2D eigenvalue weighted by Crippen LogP contribution is 2.33. The summed E-state index contributed by atoms with van der Waals surface area (Å²) in [4.78, 5) is 52.5. The lowest BCUT2D eigenvalue weighted by atomic mass is 10.0. The molecule has 1 aliphatic heterocycles. The van der Waals surface area contributed by atoms with Crippen molar-refractivity contribution < 1.29 is 19.1 Å². The molecular weight excluding hydrogens is 546 g/mol. The molecule has 1 fully saturated rings. The summed E-state index contributed by atoms with van der Waals surface area (Å²) in [7, 11) is 1.49. The van der Waals surface area contributed by atoms with Crippen LogP contribution in [0.1, 0.15) is 41.5 Å². The fourth-order valence-electron chi connectivity index (χ4n) is 5.23. The van der Waals surface area contributed by atoms with Crippen molar-refractivity contribution in [2.75, 3.05) is 32.1 Å². The van der Waals surface area contributed by atoms with Crippen LogP contribution in [-0.4, -0.2) is 82.0 Å². The molecule has 5 rings (SSSR count). The highest BCUT2D eigenvalue weighted by molar-refractivity contribution is 6.33. The zero-order chi connectivity index (χ0) is 29.3. The second kappa shape index (κ2) is 11.4. The molecule has 0 aliphatic carbocycles. The van der Waals surface area contributed by atoms with Gasteiger partial charge in [-0.15, -0.1) is 0 Å². The Bertz CT molecular complexity index is 1640. The second-order valence-electron chi connectivity index (χ2n) is 10.8. The minimum Gasteiger partial charge on any atom is -0.372 e. The summed E-state index contributed by atoms with van der Waals surface area (Å²) in [5.41, 5.74) is 2.05. The standard InChI is InChI=1S/C29H32ClN7O4/c1-16(34-27(39)19-6-8-32-11-21(19)26(38)31-4)13-37-15-29(2,3)41-14-24(37)28(40)36-22-10-17(30)9-20-18-5-7-33-12-23(18)35-25(20)22/h5-12,16,24,35H,13-15H2,1-4H3,(H,31,38)(H,34,39)(H,36,40)/t16-,24?/m0/s1. The van der Waals surface area contributed by atoms with Crippen LogP contribution in [0.3, 0.4) is 0 Å². The minimum absolute atomic E-state index is 0.172. The Morgan fingerprint density at radius 2 is 1.88 bits per heavy atom. The van der Waals surface area contributed by atoms with Crippen molar-refractivity contribution in [1.29, 1.82) is 0 Å². The first kappa shape index (κ1) is 28.5. The molecule has 0 spiro atoms. The van der Waals surface area contributed by atoms with Gasteiger partial charge in [-0.2, -0.15) is 0 Å². The number of pyridine rings is 2. The lowest BCUT2D eigenvalue weighted by molar-refractivity contribution is -0.143. The number of carbonyl (C=O) groups excluding carboxylic acids is 3. The van der Waals surface area contributed by atoms with E-state index < -0.39 is 23.5 Å². The van der Waals surface area contributed by atoms with E-state index in [4.69, 9.17) is 16.3 Å². The van der Waals surface area contributed by atoms with E-state index in [1.807, 2.05) is 37.8 Å². The Balaban J connectivity index is 1.35. The van der Waals surface area contributed by atoms with Crippen LogP contribution < -0.4 is 16.0 Å². The number of nitrogens with zero attached hydrogens (tertiary/aromatic N) is 3. The third-order valence-corrected chi connectivity index (χ3v) is 7.33. The Hall–Kier alpha value is -4.06. The van der Waals surface area contributed by atoms with E-state index in [0.717, 1.165) is 21.8 Å². The van der Waals surface area contributed by atoms with Gasteiger partial charge in [0.1, 0.15) is 6.04 Å². The lowest BCUT2D eigenvalue weighted by Gasteiger charge is -2.43. The van der Waals surface area contributed by atoms with Crippen LogP contribution >= 0.6 is 11.6 Å². The molecular formula is C29H32ClN7O4. The van der Waals surface area contributed by atoms with Gasteiger partial charge in [-0.1, -0.05) is 11.6 Å². The van der Waals surface area contributed by atoms with Crippen molar-refractivity contribution in [1.82, 2.24) is 30.5 Å². The van der Waals surface area contributed by atoms with Crippen molar-refractivity contribution >= 4 is 56.8 Å². The number of nitrogens with one attached hydrogen (secondary N) is 4. The molecule has 11 nitrogen and oxygen atoms in total. The van der Waals surface area contributed by atoms with Crippen LogP contribution in [0.4, 0.5) is 5.69 Å². The molecule has 4 N–H and O–H groups in total. The largest absolute Gasteiger partial charge is 0.372 e. The highest BCUT2D eigenvalue weighted by Gasteiger charge is 2.38. The zero-order valence-electron chi connectivity index (χ0n) is 23.2. The number of carbonyl (C=O) groups is 3. The van der Waals surface area contributed by atoms with E-state index in [-0.39, 0.29) is 29.7 Å². The molecule has 4 aromatic rings. The number of hydrogen-bond donors (Lipinski definition) is 4. The predicted octanol–water partition coefficient (Wildman–Crippen LogP) is 3.36. The summed E-state index contributed by atoms with van der Waals surface area (Å²) in [5, 5.41) is 10.9. The maximum absolute atomic E-state index is 13.7. The fourth-order valence-corrected chi connectivity index (χ4v) is 5.45. The van der Waals surface area contributed by atoms with Crippen LogP contribution in [0, 0.1) is 0 Å². The first-order chi connectivity index (χ1) is 19.6. The van der Waals surface area contributed by atoms with Gasteiger partial charge in [0.2, 0.25) is 5.91 Å². The molecule has 2 atom stereocenters. The lowest BCUT2D eigenvalue weighted by Crippen LogP contribution is -2.60. The molecule has 41 heavy (non-hydrogen) atoms. The van der Waals surface area contributed by atoms with Gasteiger partial charge in [0.15, 0.2) is 0 Å². The normalized spacial score (nSPS) is 17.7. The van der Waals surface area contributed by atoms with Crippen LogP contribution in [-0.2, 0) is 9.53 Å². The van der Waals surface area contributed by atoms with Crippen molar-refractivity contribution in [2.45, 2.75) is 38.5 Å². The number of hydrogen-bond acceptors (Lipinski definition) is 7. The molecule has 3 aromatic heterocycles. The van der Waals surface area contributed by atoms with Crippen LogP contribution in [0.2, 0.25) is 5.02 Å². The maximum atomic E-state index is 13.7. The number of halogens is 1. The van der Waals surface area contributed by atoms with Gasteiger partial charge in [-0.05, 0) is 45.0 Å². The summed E-state index contributed by atoms with van der Waals surface area (Å²) in [6.45, 7) is 6.79. The number of aromatic nitrogens is 3. The van der Waals surface area contributed by atoms with Crippen molar-refractivity contribution in [3.05, 3.63) is 65.2 Å². The second-order valence-corrected chi connectivity index (χ2v) is 11.2. The molecule has 4 heterocycles. The minimum atomic E-state index is -0.621. The third-order valence-electron chi connectivity index (χ3n) is 7.11. The van der Waals surface area contributed by atoms with E-state index in [1.165, 1.54) is 25.5 Å².